The minimum atomic E-state index is -0.537. The molecule has 0 amide bonds. The lowest BCUT2D eigenvalue weighted by Gasteiger charge is -2.34. The minimum absolute atomic E-state index is 0.537. The molecular formula is C57H38N4. The number of rotatable bonds is 8. The highest BCUT2D eigenvalue weighted by atomic mass is 15.0. The van der Waals surface area contributed by atoms with Gasteiger partial charge < -0.3 is 0 Å². The molecule has 0 atom stereocenters. The zero-order valence-electron chi connectivity index (χ0n) is 33.2. The Labute approximate surface area is 355 Å². The van der Waals surface area contributed by atoms with E-state index in [2.05, 4.69) is 188 Å². The van der Waals surface area contributed by atoms with Gasteiger partial charge in [-0.2, -0.15) is 0 Å². The van der Waals surface area contributed by atoms with Crippen LogP contribution in [0.1, 0.15) is 22.3 Å². The maximum atomic E-state index is 5.25. The standard InChI is InChI=1S/C57H38N4/c1-6-18-40(19-7-1)52-37-36-47(53(58-52)41-20-8-2-9-21-41)39-30-32-43(33-31-39)55-59-54(42-22-10-3-11-23-42)60-56(61-55)44-34-35-49-48-28-16-17-29-50(48)57(51(49)38-44,45-24-12-4-13-25-45)46-26-14-5-15-27-46/h1-38H. The molecule has 0 radical (unpaired) electrons. The van der Waals surface area contributed by atoms with E-state index < -0.39 is 5.41 Å². The normalized spacial score (nSPS) is 12.4. The quantitative estimate of drug-likeness (QED) is 0.154. The summed E-state index contributed by atoms with van der Waals surface area (Å²) in [5, 5.41) is 0. The van der Waals surface area contributed by atoms with E-state index in [0.717, 1.165) is 50.3 Å². The molecule has 8 aromatic carbocycles. The van der Waals surface area contributed by atoms with Crippen LogP contribution in [-0.4, -0.2) is 19.9 Å². The average molecular weight is 779 g/mol. The minimum Gasteiger partial charge on any atom is -0.247 e. The topological polar surface area (TPSA) is 51.6 Å². The van der Waals surface area contributed by atoms with Crippen LogP contribution < -0.4 is 0 Å². The van der Waals surface area contributed by atoms with Gasteiger partial charge in [0, 0.05) is 33.4 Å². The summed E-state index contributed by atoms with van der Waals surface area (Å²) >= 11 is 0. The van der Waals surface area contributed by atoms with Gasteiger partial charge >= 0.3 is 0 Å². The molecule has 1 aliphatic rings. The third-order valence-electron chi connectivity index (χ3n) is 11.9. The summed E-state index contributed by atoms with van der Waals surface area (Å²) in [5.41, 5.74) is 15.7. The molecule has 0 aliphatic heterocycles. The fourth-order valence-corrected chi connectivity index (χ4v) is 9.01. The van der Waals surface area contributed by atoms with Crippen molar-refractivity contribution in [3.05, 3.63) is 253 Å². The Morgan fingerprint density at radius 2 is 0.689 bits per heavy atom. The number of hydrogen-bond acceptors (Lipinski definition) is 4. The second kappa shape index (κ2) is 15.3. The second-order valence-corrected chi connectivity index (χ2v) is 15.4. The van der Waals surface area contributed by atoms with Crippen LogP contribution in [0.2, 0.25) is 0 Å². The number of fused-ring (bicyclic) bond motifs is 3. The highest BCUT2D eigenvalue weighted by Crippen LogP contribution is 2.56. The molecule has 0 bridgehead atoms. The lowest BCUT2D eigenvalue weighted by Crippen LogP contribution is -2.28. The van der Waals surface area contributed by atoms with E-state index >= 15 is 0 Å². The lowest BCUT2D eigenvalue weighted by atomic mass is 9.67. The Morgan fingerprint density at radius 1 is 0.262 bits per heavy atom. The van der Waals surface area contributed by atoms with Gasteiger partial charge in [-0.05, 0) is 51.1 Å². The van der Waals surface area contributed by atoms with Gasteiger partial charge in [0.05, 0.1) is 16.8 Å². The zero-order chi connectivity index (χ0) is 40.6. The Kier molecular flexibility index (Phi) is 9.02. The molecule has 0 saturated heterocycles. The summed E-state index contributed by atoms with van der Waals surface area (Å²) in [7, 11) is 0. The number of hydrogen-bond donors (Lipinski definition) is 0. The predicted octanol–water partition coefficient (Wildman–Crippen LogP) is 13.6. The molecule has 0 spiro atoms. The van der Waals surface area contributed by atoms with Gasteiger partial charge in [0.15, 0.2) is 17.5 Å². The Morgan fingerprint density at radius 3 is 1.30 bits per heavy atom. The zero-order valence-corrected chi connectivity index (χ0v) is 33.2. The molecular weight excluding hydrogens is 741 g/mol. The van der Waals surface area contributed by atoms with Gasteiger partial charge in [0.1, 0.15) is 0 Å². The van der Waals surface area contributed by atoms with E-state index in [1.165, 1.54) is 33.4 Å². The fraction of sp³-hybridized carbons (Fsp3) is 0.0175. The summed E-state index contributed by atoms with van der Waals surface area (Å²) in [5.74, 6) is 1.85. The van der Waals surface area contributed by atoms with Crippen LogP contribution in [0, 0.1) is 0 Å². The van der Waals surface area contributed by atoms with Crippen molar-refractivity contribution in [2.24, 2.45) is 0 Å². The van der Waals surface area contributed by atoms with Gasteiger partial charge in [-0.3, -0.25) is 0 Å². The molecule has 2 aromatic heterocycles. The first-order valence-corrected chi connectivity index (χ1v) is 20.6. The van der Waals surface area contributed by atoms with Crippen molar-refractivity contribution in [2.75, 3.05) is 0 Å². The first-order chi connectivity index (χ1) is 30.2. The Bertz CT molecular complexity index is 3110. The van der Waals surface area contributed by atoms with E-state index in [9.17, 15) is 0 Å². The molecule has 61 heavy (non-hydrogen) atoms. The van der Waals surface area contributed by atoms with E-state index in [4.69, 9.17) is 19.9 Å². The third-order valence-corrected chi connectivity index (χ3v) is 11.9. The molecule has 0 fully saturated rings. The predicted molar refractivity (Wildman–Crippen MR) is 248 cm³/mol. The third kappa shape index (κ3) is 6.33. The van der Waals surface area contributed by atoms with Crippen LogP contribution in [0.25, 0.3) is 78.9 Å². The summed E-state index contributed by atoms with van der Waals surface area (Å²) in [4.78, 5) is 20.7. The van der Waals surface area contributed by atoms with E-state index in [-0.39, 0.29) is 0 Å². The largest absolute Gasteiger partial charge is 0.247 e. The van der Waals surface area contributed by atoms with Gasteiger partial charge in [-0.25, -0.2) is 19.9 Å². The van der Waals surface area contributed by atoms with E-state index in [1.807, 2.05) is 42.5 Å². The van der Waals surface area contributed by atoms with E-state index in [1.54, 1.807) is 0 Å². The van der Waals surface area contributed by atoms with Crippen molar-refractivity contribution in [2.45, 2.75) is 5.41 Å². The highest BCUT2D eigenvalue weighted by Gasteiger charge is 2.46. The smallest absolute Gasteiger partial charge is 0.164 e. The first kappa shape index (κ1) is 36.0. The average Bonchev–Trinajstić information content (AvgIpc) is 3.65. The Hall–Kier alpha value is -8.08. The molecule has 11 rings (SSSR count). The lowest BCUT2D eigenvalue weighted by molar-refractivity contribution is 0.768. The molecule has 0 unspecified atom stereocenters. The fourth-order valence-electron chi connectivity index (χ4n) is 9.01. The van der Waals surface area contributed by atoms with Crippen LogP contribution in [0.4, 0.5) is 0 Å². The number of aromatic nitrogens is 4. The molecule has 0 saturated carbocycles. The van der Waals surface area contributed by atoms with E-state index in [0.29, 0.717) is 17.5 Å². The van der Waals surface area contributed by atoms with Crippen molar-refractivity contribution in [1.82, 2.24) is 19.9 Å². The number of benzene rings is 8. The van der Waals surface area contributed by atoms with Gasteiger partial charge in [0.25, 0.3) is 0 Å². The van der Waals surface area contributed by atoms with Crippen molar-refractivity contribution < 1.29 is 0 Å². The highest BCUT2D eigenvalue weighted by molar-refractivity contribution is 5.88. The second-order valence-electron chi connectivity index (χ2n) is 15.4. The Balaban J connectivity index is 1.05. The summed E-state index contributed by atoms with van der Waals surface area (Å²) in [6.07, 6.45) is 0. The van der Waals surface area contributed by atoms with Crippen LogP contribution in [0.3, 0.4) is 0 Å². The monoisotopic (exact) mass is 778 g/mol. The molecule has 286 valence electrons. The number of nitrogens with zero attached hydrogens (tertiary/aromatic N) is 4. The molecule has 4 nitrogen and oxygen atoms in total. The van der Waals surface area contributed by atoms with Crippen molar-refractivity contribution in [3.8, 4) is 78.9 Å². The van der Waals surface area contributed by atoms with Crippen LogP contribution in [0.15, 0.2) is 231 Å². The molecule has 4 heteroatoms. The van der Waals surface area contributed by atoms with Gasteiger partial charge in [-0.15, -0.1) is 0 Å². The first-order valence-electron chi connectivity index (χ1n) is 20.6. The van der Waals surface area contributed by atoms with Gasteiger partial charge in [0.2, 0.25) is 0 Å². The molecule has 10 aromatic rings. The van der Waals surface area contributed by atoms with Crippen LogP contribution in [-0.2, 0) is 5.41 Å². The maximum absolute atomic E-state index is 5.25. The SMILES string of the molecule is c1ccc(-c2ccc(-c3ccc(-c4nc(-c5ccccc5)nc(-c5ccc6c(c5)C(c5ccccc5)(c5ccccc5)c5ccccc5-6)n4)cc3)c(-c3ccccc3)n2)cc1. The number of pyridine rings is 1. The van der Waals surface area contributed by atoms with Crippen molar-refractivity contribution in [1.29, 1.82) is 0 Å². The van der Waals surface area contributed by atoms with Crippen molar-refractivity contribution >= 4 is 0 Å². The summed E-state index contributed by atoms with van der Waals surface area (Å²) in [6.45, 7) is 0. The van der Waals surface area contributed by atoms with Crippen LogP contribution in [0.5, 0.6) is 0 Å². The summed E-state index contributed by atoms with van der Waals surface area (Å²) < 4.78 is 0. The molecule has 0 N–H and O–H groups in total. The van der Waals surface area contributed by atoms with Gasteiger partial charge in [-0.1, -0.05) is 218 Å². The molecule has 2 heterocycles. The molecule has 1 aliphatic carbocycles. The summed E-state index contributed by atoms with van der Waals surface area (Å²) in [6, 6.07) is 81.0. The maximum Gasteiger partial charge on any atom is 0.164 e. The van der Waals surface area contributed by atoms with Crippen molar-refractivity contribution in [3.63, 3.8) is 0 Å². The van der Waals surface area contributed by atoms with Crippen LogP contribution >= 0.6 is 0 Å².